The summed E-state index contributed by atoms with van der Waals surface area (Å²) in [6.45, 7) is 7.43. The van der Waals surface area contributed by atoms with E-state index in [-0.39, 0.29) is 12.0 Å². The van der Waals surface area contributed by atoms with Crippen LogP contribution in [0.4, 0.5) is 18.0 Å². The number of alkyl halides is 3. The zero-order chi connectivity index (χ0) is 22.5. The van der Waals surface area contributed by atoms with Crippen molar-refractivity contribution < 1.29 is 27.4 Å². The van der Waals surface area contributed by atoms with Gasteiger partial charge in [-0.3, -0.25) is 4.98 Å². The molecular formula is C20H26F3N3O3S. The average molecular weight is 446 g/mol. The van der Waals surface area contributed by atoms with E-state index in [4.69, 9.17) is 9.47 Å². The van der Waals surface area contributed by atoms with Crippen molar-refractivity contribution in [3.05, 3.63) is 45.7 Å². The van der Waals surface area contributed by atoms with E-state index in [9.17, 15) is 18.0 Å². The van der Waals surface area contributed by atoms with Crippen molar-refractivity contribution in [2.45, 2.75) is 64.5 Å². The SMILES string of the molecule is COCc1csc(C(CC(C)NC(=O)OC(C)(C)C)c2ccc(C(F)(F)F)nc2)n1. The molecule has 0 aliphatic carbocycles. The maximum atomic E-state index is 12.9. The number of carbonyl (C=O) groups excluding carboxylic acids is 1. The van der Waals surface area contributed by atoms with Gasteiger partial charge in [0.2, 0.25) is 0 Å². The highest BCUT2D eigenvalue weighted by atomic mass is 32.1. The van der Waals surface area contributed by atoms with E-state index in [1.807, 2.05) is 5.38 Å². The molecule has 0 aliphatic heterocycles. The van der Waals surface area contributed by atoms with Crippen molar-refractivity contribution in [2.75, 3.05) is 7.11 Å². The molecule has 0 aliphatic rings. The molecule has 2 atom stereocenters. The Labute approximate surface area is 177 Å². The number of carbonyl (C=O) groups is 1. The van der Waals surface area contributed by atoms with Gasteiger partial charge in [-0.05, 0) is 45.7 Å². The first kappa shape index (κ1) is 24.1. The Morgan fingerprint density at radius 2 is 1.97 bits per heavy atom. The van der Waals surface area contributed by atoms with Crippen LogP contribution in [0.15, 0.2) is 23.7 Å². The normalized spacial score (nSPS) is 14.3. The zero-order valence-electron chi connectivity index (χ0n) is 17.5. The minimum atomic E-state index is -4.51. The van der Waals surface area contributed by atoms with Crippen LogP contribution in [-0.2, 0) is 22.3 Å². The van der Waals surface area contributed by atoms with Gasteiger partial charge in [0.1, 0.15) is 16.3 Å². The Balaban J connectivity index is 2.24. The lowest BCUT2D eigenvalue weighted by atomic mass is 9.94. The first-order chi connectivity index (χ1) is 13.9. The number of rotatable bonds is 7. The molecule has 2 rings (SSSR count). The number of alkyl carbamates (subject to hydrolysis) is 1. The fourth-order valence-corrected chi connectivity index (χ4v) is 3.72. The first-order valence-electron chi connectivity index (χ1n) is 9.35. The Kier molecular flexibility index (Phi) is 7.81. The predicted octanol–water partition coefficient (Wildman–Crippen LogP) is 5.14. The van der Waals surface area contributed by atoms with Crippen LogP contribution in [0.1, 0.15) is 62.0 Å². The van der Waals surface area contributed by atoms with E-state index in [1.165, 1.54) is 23.6 Å². The summed E-state index contributed by atoms with van der Waals surface area (Å²) in [7, 11) is 1.56. The smallest absolute Gasteiger partial charge is 0.433 e. The number of hydrogen-bond acceptors (Lipinski definition) is 6. The second kappa shape index (κ2) is 9.74. The predicted molar refractivity (Wildman–Crippen MR) is 107 cm³/mol. The summed E-state index contributed by atoms with van der Waals surface area (Å²) in [6, 6.07) is 2.04. The summed E-state index contributed by atoms with van der Waals surface area (Å²) in [5.41, 5.74) is -0.274. The van der Waals surface area contributed by atoms with E-state index in [1.54, 1.807) is 34.8 Å². The largest absolute Gasteiger partial charge is 0.444 e. The molecule has 6 nitrogen and oxygen atoms in total. The molecule has 1 amide bonds. The van der Waals surface area contributed by atoms with E-state index in [0.29, 0.717) is 23.6 Å². The molecule has 166 valence electrons. The van der Waals surface area contributed by atoms with Gasteiger partial charge in [0.15, 0.2) is 0 Å². The minimum absolute atomic E-state index is 0.318. The Bertz CT molecular complexity index is 832. The van der Waals surface area contributed by atoms with Crippen molar-refractivity contribution in [2.24, 2.45) is 0 Å². The fourth-order valence-electron chi connectivity index (χ4n) is 2.78. The molecule has 2 unspecified atom stereocenters. The van der Waals surface area contributed by atoms with E-state index < -0.39 is 23.6 Å². The van der Waals surface area contributed by atoms with Gasteiger partial charge < -0.3 is 14.8 Å². The summed E-state index contributed by atoms with van der Waals surface area (Å²) in [4.78, 5) is 20.2. The van der Waals surface area contributed by atoms with Crippen LogP contribution in [0.3, 0.4) is 0 Å². The first-order valence-corrected chi connectivity index (χ1v) is 10.2. The van der Waals surface area contributed by atoms with Gasteiger partial charge in [-0.1, -0.05) is 6.07 Å². The zero-order valence-corrected chi connectivity index (χ0v) is 18.4. The molecule has 30 heavy (non-hydrogen) atoms. The van der Waals surface area contributed by atoms with E-state index in [2.05, 4.69) is 15.3 Å². The standard InChI is InChI=1S/C20H26F3N3O3S/c1-12(25-18(27)29-19(2,3)4)8-15(17-26-14(10-28-5)11-30-17)13-6-7-16(24-9-13)20(21,22)23/h6-7,9,11-12,15H,8,10H2,1-5H3,(H,25,27). The highest BCUT2D eigenvalue weighted by Crippen LogP contribution is 2.33. The molecular weight excluding hydrogens is 419 g/mol. The third-order valence-corrected chi connectivity index (χ3v) is 5.00. The quantitative estimate of drug-likeness (QED) is 0.639. The number of amides is 1. The van der Waals surface area contributed by atoms with Gasteiger partial charge in [-0.25, -0.2) is 9.78 Å². The molecule has 0 radical (unpaired) electrons. The number of thiazole rings is 1. The highest BCUT2D eigenvalue weighted by Gasteiger charge is 2.33. The molecule has 0 saturated heterocycles. The topological polar surface area (TPSA) is 73.3 Å². The third-order valence-electron chi connectivity index (χ3n) is 3.99. The molecule has 10 heteroatoms. The number of ether oxygens (including phenoxy) is 2. The van der Waals surface area contributed by atoms with E-state index in [0.717, 1.165) is 11.8 Å². The summed E-state index contributed by atoms with van der Waals surface area (Å²) < 4.78 is 49.0. The number of halogens is 3. The second-order valence-electron chi connectivity index (χ2n) is 7.92. The maximum absolute atomic E-state index is 12.9. The van der Waals surface area contributed by atoms with Gasteiger partial charge in [-0.2, -0.15) is 13.2 Å². The van der Waals surface area contributed by atoms with Gasteiger partial charge in [-0.15, -0.1) is 11.3 Å². The van der Waals surface area contributed by atoms with Gasteiger partial charge in [0.05, 0.1) is 12.3 Å². The minimum Gasteiger partial charge on any atom is -0.444 e. The number of methoxy groups -OCH3 is 1. The monoisotopic (exact) mass is 445 g/mol. The number of aromatic nitrogens is 2. The number of pyridine rings is 1. The molecule has 0 fully saturated rings. The van der Waals surface area contributed by atoms with Gasteiger partial charge >= 0.3 is 12.3 Å². The third kappa shape index (κ3) is 7.24. The Hall–Kier alpha value is -2.20. The second-order valence-corrected chi connectivity index (χ2v) is 8.81. The summed E-state index contributed by atoms with van der Waals surface area (Å²) in [5, 5.41) is 5.32. The van der Waals surface area contributed by atoms with Crippen LogP contribution in [0, 0.1) is 0 Å². The fraction of sp³-hybridized carbons (Fsp3) is 0.550. The van der Waals surface area contributed by atoms with E-state index >= 15 is 0 Å². The lowest BCUT2D eigenvalue weighted by Gasteiger charge is -2.24. The van der Waals surface area contributed by atoms with Crippen LogP contribution in [-0.4, -0.2) is 34.8 Å². The lowest BCUT2D eigenvalue weighted by Crippen LogP contribution is -2.38. The molecule has 2 aromatic heterocycles. The summed E-state index contributed by atoms with van der Waals surface area (Å²) in [5.74, 6) is -0.347. The van der Waals surface area contributed by atoms with Crippen molar-refractivity contribution >= 4 is 17.4 Å². The van der Waals surface area contributed by atoms with Crippen LogP contribution in [0.2, 0.25) is 0 Å². The Morgan fingerprint density at radius 3 is 2.50 bits per heavy atom. The van der Waals surface area contributed by atoms with Crippen LogP contribution in [0.5, 0.6) is 0 Å². The van der Waals surface area contributed by atoms with Crippen molar-refractivity contribution in [1.29, 1.82) is 0 Å². The maximum Gasteiger partial charge on any atom is 0.433 e. The van der Waals surface area contributed by atoms with Crippen molar-refractivity contribution in [3.8, 4) is 0 Å². The Morgan fingerprint density at radius 1 is 1.27 bits per heavy atom. The molecule has 0 saturated carbocycles. The van der Waals surface area contributed by atoms with Crippen molar-refractivity contribution in [3.63, 3.8) is 0 Å². The van der Waals surface area contributed by atoms with Crippen LogP contribution < -0.4 is 5.32 Å². The lowest BCUT2D eigenvalue weighted by molar-refractivity contribution is -0.141. The summed E-state index contributed by atoms with van der Waals surface area (Å²) >= 11 is 1.39. The average Bonchev–Trinajstić information content (AvgIpc) is 3.06. The molecule has 0 aromatic carbocycles. The summed E-state index contributed by atoms with van der Waals surface area (Å²) in [6.07, 6.45) is -3.44. The molecule has 2 aromatic rings. The number of nitrogens with zero attached hydrogens (tertiary/aromatic N) is 2. The number of hydrogen-bond donors (Lipinski definition) is 1. The van der Waals surface area contributed by atoms with Gasteiger partial charge in [0, 0.05) is 30.6 Å². The highest BCUT2D eigenvalue weighted by molar-refractivity contribution is 7.09. The number of nitrogens with one attached hydrogen (secondary N) is 1. The van der Waals surface area contributed by atoms with Crippen molar-refractivity contribution in [1.82, 2.24) is 15.3 Å². The van der Waals surface area contributed by atoms with Gasteiger partial charge in [0.25, 0.3) is 0 Å². The van der Waals surface area contributed by atoms with Crippen LogP contribution in [0.25, 0.3) is 0 Å². The molecule has 1 N–H and O–H groups in total. The molecule has 2 heterocycles. The molecule has 0 bridgehead atoms. The molecule has 0 spiro atoms. The van der Waals surface area contributed by atoms with Crippen LogP contribution >= 0.6 is 11.3 Å².